The number of carbonyl (C=O) groups is 1. The largest absolute Gasteiger partial charge is 0.507 e. The van der Waals surface area contributed by atoms with Gasteiger partial charge in [0.15, 0.2) is 5.75 Å². The Morgan fingerprint density at radius 1 is 1.19 bits per heavy atom. The van der Waals surface area contributed by atoms with Crippen molar-refractivity contribution in [3.05, 3.63) is 45.9 Å². The second kappa shape index (κ2) is 6.11. The van der Waals surface area contributed by atoms with Crippen molar-refractivity contribution < 1.29 is 19.7 Å². The zero-order chi connectivity index (χ0) is 15.6. The van der Waals surface area contributed by atoms with E-state index in [4.69, 9.17) is 23.2 Å². The fraction of sp³-hybridized carbons (Fsp3) is 0.0714. The molecule has 0 heterocycles. The van der Waals surface area contributed by atoms with E-state index < -0.39 is 5.97 Å². The normalized spacial score (nSPS) is 10.2. The van der Waals surface area contributed by atoms with Crippen LogP contribution in [-0.4, -0.2) is 23.3 Å². The van der Waals surface area contributed by atoms with Crippen LogP contribution >= 0.6 is 23.2 Å². The molecule has 110 valence electrons. The molecule has 0 aliphatic carbocycles. The highest BCUT2D eigenvalue weighted by Gasteiger charge is 2.13. The van der Waals surface area contributed by atoms with E-state index in [1.54, 1.807) is 6.07 Å². The Labute approximate surface area is 130 Å². The minimum Gasteiger partial charge on any atom is -0.507 e. The van der Waals surface area contributed by atoms with Gasteiger partial charge in [0, 0.05) is 16.8 Å². The van der Waals surface area contributed by atoms with E-state index in [0.29, 0.717) is 10.7 Å². The SMILES string of the molecule is COC(=O)c1ccc(Nc2cc(Cl)cc(Cl)c2O)cc1O. The lowest BCUT2D eigenvalue weighted by Gasteiger charge is -2.11. The summed E-state index contributed by atoms with van der Waals surface area (Å²) in [5, 5.41) is 22.9. The number of phenols is 2. The van der Waals surface area contributed by atoms with E-state index in [9.17, 15) is 15.0 Å². The smallest absolute Gasteiger partial charge is 0.341 e. The highest BCUT2D eigenvalue weighted by molar-refractivity contribution is 6.36. The number of nitrogens with one attached hydrogen (secondary N) is 1. The average Bonchev–Trinajstić information content (AvgIpc) is 2.43. The van der Waals surface area contributed by atoms with Gasteiger partial charge in [0.25, 0.3) is 0 Å². The molecule has 0 saturated carbocycles. The van der Waals surface area contributed by atoms with Crippen LogP contribution in [0.2, 0.25) is 10.0 Å². The van der Waals surface area contributed by atoms with Gasteiger partial charge in [0.05, 0.1) is 17.8 Å². The van der Waals surface area contributed by atoms with Gasteiger partial charge in [-0.25, -0.2) is 4.79 Å². The molecule has 0 aromatic heterocycles. The Morgan fingerprint density at radius 3 is 2.52 bits per heavy atom. The first-order valence-corrected chi connectivity index (χ1v) is 6.54. The number of methoxy groups -OCH3 is 1. The number of phenolic OH excluding ortho intramolecular Hbond substituents is 2. The lowest BCUT2D eigenvalue weighted by atomic mass is 10.1. The third kappa shape index (κ3) is 3.32. The molecule has 0 atom stereocenters. The summed E-state index contributed by atoms with van der Waals surface area (Å²) in [7, 11) is 1.22. The molecule has 0 amide bonds. The van der Waals surface area contributed by atoms with Crippen LogP contribution < -0.4 is 5.32 Å². The van der Waals surface area contributed by atoms with Crippen molar-refractivity contribution in [1.29, 1.82) is 0 Å². The number of benzene rings is 2. The van der Waals surface area contributed by atoms with Crippen LogP contribution in [0.1, 0.15) is 10.4 Å². The van der Waals surface area contributed by atoms with E-state index in [1.165, 1.54) is 31.4 Å². The molecule has 2 aromatic carbocycles. The van der Waals surface area contributed by atoms with Gasteiger partial charge in [-0.2, -0.15) is 0 Å². The van der Waals surface area contributed by atoms with Crippen LogP contribution in [0.15, 0.2) is 30.3 Å². The van der Waals surface area contributed by atoms with Crippen molar-refractivity contribution in [2.75, 3.05) is 12.4 Å². The summed E-state index contributed by atoms with van der Waals surface area (Å²) >= 11 is 11.7. The summed E-state index contributed by atoms with van der Waals surface area (Å²) < 4.78 is 4.53. The Morgan fingerprint density at radius 2 is 1.90 bits per heavy atom. The summed E-state index contributed by atoms with van der Waals surface area (Å²) in [6.07, 6.45) is 0. The number of esters is 1. The van der Waals surface area contributed by atoms with Gasteiger partial charge in [-0.3, -0.25) is 0 Å². The van der Waals surface area contributed by atoms with Crippen LogP contribution in [0, 0.1) is 0 Å². The quantitative estimate of drug-likeness (QED) is 0.588. The third-order valence-corrected chi connectivity index (χ3v) is 3.22. The molecule has 3 N–H and O–H groups in total. The summed E-state index contributed by atoms with van der Waals surface area (Å²) in [6, 6.07) is 7.14. The number of anilines is 2. The molecule has 0 saturated heterocycles. The van der Waals surface area contributed by atoms with Gasteiger partial charge >= 0.3 is 5.97 Å². The fourth-order valence-electron chi connectivity index (χ4n) is 1.71. The predicted octanol–water partition coefficient (Wildman–Crippen LogP) is 3.93. The molecule has 0 spiro atoms. The third-order valence-electron chi connectivity index (χ3n) is 2.71. The van der Waals surface area contributed by atoms with Crippen molar-refractivity contribution in [2.24, 2.45) is 0 Å². The Balaban J connectivity index is 2.33. The van der Waals surface area contributed by atoms with Crippen molar-refractivity contribution in [3.63, 3.8) is 0 Å². The van der Waals surface area contributed by atoms with Crippen LogP contribution in [0.3, 0.4) is 0 Å². The van der Waals surface area contributed by atoms with E-state index in [2.05, 4.69) is 10.1 Å². The van der Waals surface area contributed by atoms with Crippen molar-refractivity contribution in [1.82, 2.24) is 0 Å². The first kappa shape index (κ1) is 15.3. The molecule has 5 nitrogen and oxygen atoms in total. The first-order valence-electron chi connectivity index (χ1n) is 5.78. The molecule has 7 heteroatoms. The van der Waals surface area contributed by atoms with E-state index in [-0.39, 0.29) is 27.8 Å². The number of hydrogen-bond acceptors (Lipinski definition) is 5. The van der Waals surface area contributed by atoms with Crippen LogP contribution in [0.5, 0.6) is 11.5 Å². The molecule has 0 aliphatic rings. The molecule has 0 aliphatic heterocycles. The van der Waals surface area contributed by atoms with Crippen molar-refractivity contribution >= 4 is 40.5 Å². The number of rotatable bonds is 3. The number of carbonyl (C=O) groups excluding carboxylic acids is 1. The number of halogens is 2. The number of hydrogen-bond donors (Lipinski definition) is 3. The molecular formula is C14H11Cl2NO4. The maximum absolute atomic E-state index is 11.4. The van der Waals surface area contributed by atoms with E-state index in [1.807, 2.05) is 0 Å². The monoisotopic (exact) mass is 327 g/mol. The van der Waals surface area contributed by atoms with E-state index >= 15 is 0 Å². The predicted molar refractivity (Wildman–Crippen MR) is 80.9 cm³/mol. The maximum atomic E-state index is 11.4. The first-order chi connectivity index (χ1) is 9.92. The summed E-state index contributed by atoms with van der Waals surface area (Å²) in [5.41, 5.74) is 0.753. The van der Waals surface area contributed by atoms with Gasteiger partial charge in [-0.1, -0.05) is 23.2 Å². The van der Waals surface area contributed by atoms with Crippen molar-refractivity contribution in [3.8, 4) is 11.5 Å². The van der Waals surface area contributed by atoms with Crippen LogP contribution in [0.4, 0.5) is 11.4 Å². The second-order valence-electron chi connectivity index (χ2n) is 4.13. The molecular weight excluding hydrogens is 317 g/mol. The van der Waals surface area contributed by atoms with Gasteiger partial charge in [-0.05, 0) is 24.3 Å². The zero-order valence-electron chi connectivity index (χ0n) is 10.9. The van der Waals surface area contributed by atoms with E-state index in [0.717, 1.165) is 0 Å². The van der Waals surface area contributed by atoms with Crippen LogP contribution in [-0.2, 0) is 4.74 Å². The molecule has 0 unspecified atom stereocenters. The Hall–Kier alpha value is -2.11. The lowest BCUT2D eigenvalue weighted by Crippen LogP contribution is -2.02. The molecule has 2 rings (SSSR count). The molecule has 0 bridgehead atoms. The maximum Gasteiger partial charge on any atom is 0.341 e. The highest BCUT2D eigenvalue weighted by atomic mass is 35.5. The Bertz CT molecular complexity index is 704. The molecule has 0 fully saturated rings. The minimum atomic E-state index is -0.646. The highest BCUT2D eigenvalue weighted by Crippen LogP contribution is 2.37. The second-order valence-corrected chi connectivity index (χ2v) is 4.98. The lowest BCUT2D eigenvalue weighted by molar-refractivity contribution is 0.0597. The van der Waals surface area contributed by atoms with Crippen molar-refractivity contribution in [2.45, 2.75) is 0 Å². The average molecular weight is 328 g/mol. The van der Waals surface area contributed by atoms with Gasteiger partial charge in [0.2, 0.25) is 0 Å². The van der Waals surface area contributed by atoms with Gasteiger partial charge < -0.3 is 20.3 Å². The molecule has 0 radical (unpaired) electrons. The molecule has 2 aromatic rings. The summed E-state index contributed by atoms with van der Waals surface area (Å²) in [6.45, 7) is 0. The minimum absolute atomic E-state index is 0.0383. The van der Waals surface area contributed by atoms with Gasteiger partial charge in [-0.15, -0.1) is 0 Å². The van der Waals surface area contributed by atoms with Crippen LogP contribution in [0.25, 0.3) is 0 Å². The standard InChI is InChI=1S/C14H11Cl2NO4/c1-21-14(20)9-3-2-8(6-12(9)18)17-11-5-7(15)4-10(16)13(11)19/h2-6,17-19H,1H3. The summed E-state index contributed by atoms with van der Waals surface area (Å²) in [5.74, 6) is -1.07. The number of aromatic hydroxyl groups is 2. The Kier molecular flexibility index (Phi) is 4.45. The molecule has 21 heavy (non-hydrogen) atoms. The fourth-order valence-corrected chi connectivity index (χ4v) is 2.20. The number of ether oxygens (including phenoxy) is 1. The zero-order valence-corrected chi connectivity index (χ0v) is 12.4. The van der Waals surface area contributed by atoms with Gasteiger partial charge in [0.1, 0.15) is 11.3 Å². The summed E-state index contributed by atoms with van der Waals surface area (Å²) in [4.78, 5) is 11.4. The topological polar surface area (TPSA) is 78.8 Å².